The van der Waals surface area contributed by atoms with Crippen molar-refractivity contribution in [2.75, 3.05) is 58.8 Å². The van der Waals surface area contributed by atoms with E-state index in [0.717, 1.165) is 60.5 Å². The van der Waals surface area contributed by atoms with E-state index in [1.807, 2.05) is 0 Å². The predicted molar refractivity (Wildman–Crippen MR) is 176 cm³/mol. The summed E-state index contributed by atoms with van der Waals surface area (Å²) >= 11 is 0. The fraction of sp³-hybridized carbons (Fsp3) is 0.294. The number of aromatic nitrogens is 4. The van der Waals surface area contributed by atoms with Crippen molar-refractivity contribution in [3.8, 4) is 28.7 Å². The summed E-state index contributed by atoms with van der Waals surface area (Å²) in [6, 6.07) is 14.3. The monoisotopic (exact) mass is 659 g/mol. The SMILES string of the molecule is COc1cc2c(Oc3ccc(NC(=O)c4nn(-c5cccc(F)c5)c(=O)n4C)cc3F)ccnc2cc1OCCCN1CCN(C)CC1. The highest BCUT2D eigenvalue weighted by atomic mass is 19.1. The second-order valence-corrected chi connectivity index (χ2v) is 11.4. The number of rotatable bonds is 11. The first-order valence-electron chi connectivity index (χ1n) is 15.4. The number of hydrogen-bond donors (Lipinski definition) is 1. The molecule has 1 aliphatic rings. The van der Waals surface area contributed by atoms with Crippen molar-refractivity contribution >= 4 is 22.5 Å². The lowest BCUT2D eigenvalue weighted by atomic mass is 10.1. The fourth-order valence-corrected chi connectivity index (χ4v) is 5.41. The molecule has 2 aromatic heterocycles. The Kier molecular flexibility index (Phi) is 9.64. The van der Waals surface area contributed by atoms with E-state index in [1.165, 1.54) is 37.4 Å². The number of anilines is 1. The van der Waals surface area contributed by atoms with Gasteiger partial charge < -0.3 is 29.3 Å². The van der Waals surface area contributed by atoms with Crippen LogP contribution in [-0.4, -0.2) is 88.5 Å². The lowest BCUT2D eigenvalue weighted by molar-refractivity contribution is 0.101. The number of carbonyl (C=O) groups excluding carboxylic acids is 1. The topological polar surface area (TPSA) is 116 Å². The molecule has 0 bridgehead atoms. The van der Waals surface area contributed by atoms with E-state index in [-0.39, 0.29) is 22.9 Å². The van der Waals surface area contributed by atoms with E-state index in [9.17, 15) is 14.0 Å². The molecule has 12 nitrogen and oxygen atoms in total. The van der Waals surface area contributed by atoms with Gasteiger partial charge in [0, 0.05) is 69.2 Å². The van der Waals surface area contributed by atoms with Crippen molar-refractivity contribution < 1.29 is 27.8 Å². The van der Waals surface area contributed by atoms with Crippen molar-refractivity contribution in [2.24, 2.45) is 7.05 Å². The maximum Gasteiger partial charge on any atom is 0.350 e. The zero-order valence-electron chi connectivity index (χ0n) is 26.8. The highest BCUT2D eigenvalue weighted by molar-refractivity contribution is 6.01. The van der Waals surface area contributed by atoms with Gasteiger partial charge in [-0.3, -0.25) is 14.3 Å². The minimum atomic E-state index is -0.762. The van der Waals surface area contributed by atoms with E-state index < -0.39 is 23.2 Å². The van der Waals surface area contributed by atoms with Crippen LogP contribution in [0.3, 0.4) is 0 Å². The van der Waals surface area contributed by atoms with Gasteiger partial charge in [0.15, 0.2) is 23.1 Å². The zero-order chi connectivity index (χ0) is 33.8. The third kappa shape index (κ3) is 7.14. The van der Waals surface area contributed by atoms with Crippen LogP contribution in [0.25, 0.3) is 16.6 Å². The molecule has 0 aliphatic carbocycles. The Hall–Kier alpha value is -5.34. The number of likely N-dealkylation sites (N-methyl/N-ethyl adjacent to an activating group) is 1. The molecule has 1 saturated heterocycles. The van der Waals surface area contributed by atoms with Crippen molar-refractivity contribution in [1.82, 2.24) is 29.1 Å². The molecule has 0 saturated carbocycles. The normalized spacial score (nSPS) is 13.9. The van der Waals surface area contributed by atoms with E-state index in [2.05, 4.69) is 32.2 Å². The maximum absolute atomic E-state index is 15.3. The summed E-state index contributed by atoms with van der Waals surface area (Å²) in [5, 5.41) is 7.17. The molecule has 6 rings (SSSR count). The van der Waals surface area contributed by atoms with Gasteiger partial charge in [-0.15, -0.1) is 5.10 Å². The first kappa shape index (κ1) is 32.6. The zero-order valence-corrected chi connectivity index (χ0v) is 26.8. The predicted octanol–water partition coefficient (Wildman–Crippen LogP) is 4.47. The highest BCUT2D eigenvalue weighted by Crippen LogP contribution is 2.38. The van der Waals surface area contributed by atoms with Crippen LogP contribution < -0.4 is 25.2 Å². The smallest absolute Gasteiger partial charge is 0.350 e. The molecule has 1 N–H and O–H groups in total. The summed E-state index contributed by atoms with van der Waals surface area (Å²) in [6.07, 6.45) is 2.43. The molecule has 48 heavy (non-hydrogen) atoms. The highest BCUT2D eigenvalue weighted by Gasteiger charge is 2.20. The van der Waals surface area contributed by atoms with Crippen LogP contribution in [-0.2, 0) is 7.05 Å². The molecule has 1 aliphatic heterocycles. The van der Waals surface area contributed by atoms with Gasteiger partial charge >= 0.3 is 5.69 Å². The summed E-state index contributed by atoms with van der Waals surface area (Å²) in [5.41, 5.74) is 0.189. The van der Waals surface area contributed by atoms with Crippen molar-refractivity contribution in [1.29, 1.82) is 0 Å². The molecule has 3 aromatic carbocycles. The number of hydrogen-bond acceptors (Lipinski definition) is 9. The first-order chi connectivity index (χ1) is 23.2. The minimum absolute atomic E-state index is 0.0912. The molecule has 14 heteroatoms. The number of benzene rings is 3. The number of nitrogens with zero attached hydrogens (tertiary/aromatic N) is 6. The first-order valence-corrected chi connectivity index (χ1v) is 15.4. The Bertz CT molecular complexity index is 2010. The fourth-order valence-electron chi connectivity index (χ4n) is 5.41. The number of ether oxygens (including phenoxy) is 3. The number of pyridine rings is 1. The van der Waals surface area contributed by atoms with Crippen LogP contribution in [0.1, 0.15) is 17.0 Å². The molecule has 0 radical (unpaired) electrons. The third-order valence-corrected chi connectivity index (χ3v) is 8.11. The number of halogens is 2. The Balaban J connectivity index is 1.13. The lowest BCUT2D eigenvalue weighted by Crippen LogP contribution is -2.44. The molecule has 0 spiro atoms. The van der Waals surface area contributed by atoms with Gasteiger partial charge in [0.25, 0.3) is 5.91 Å². The number of amides is 1. The third-order valence-electron chi connectivity index (χ3n) is 8.11. The van der Waals surface area contributed by atoms with Crippen LogP contribution >= 0.6 is 0 Å². The molecule has 0 unspecified atom stereocenters. The number of methoxy groups -OCH3 is 1. The maximum atomic E-state index is 15.3. The van der Waals surface area contributed by atoms with Gasteiger partial charge in [0.05, 0.1) is 24.9 Å². The van der Waals surface area contributed by atoms with Crippen molar-refractivity contribution in [3.63, 3.8) is 0 Å². The lowest BCUT2D eigenvalue weighted by Gasteiger charge is -2.32. The molecule has 5 aromatic rings. The van der Waals surface area contributed by atoms with Crippen LogP contribution in [0.2, 0.25) is 0 Å². The van der Waals surface area contributed by atoms with Gasteiger partial charge in [-0.2, -0.15) is 4.68 Å². The van der Waals surface area contributed by atoms with Crippen LogP contribution in [0.15, 0.2) is 71.7 Å². The van der Waals surface area contributed by atoms with E-state index in [4.69, 9.17) is 14.2 Å². The van der Waals surface area contributed by atoms with Gasteiger partial charge in [-0.25, -0.2) is 13.6 Å². The molecular formula is C34H35F2N7O5. The van der Waals surface area contributed by atoms with Crippen LogP contribution in [0, 0.1) is 11.6 Å². The van der Waals surface area contributed by atoms with Crippen LogP contribution in [0.4, 0.5) is 14.5 Å². The Morgan fingerprint density at radius 1 is 0.938 bits per heavy atom. The van der Waals surface area contributed by atoms with Gasteiger partial charge in [0.2, 0.25) is 5.82 Å². The van der Waals surface area contributed by atoms with E-state index in [0.29, 0.717) is 34.8 Å². The molecule has 0 atom stereocenters. The van der Waals surface area contributed by atoms with Gasteiger partial charge in [-0.1, -0.05) is 6.07 Å². The second-order valence-electron chi connectivity index (χ2n) is 11.4. The Morgan fingerprint density at radius 3 is 2.50 bits per heavy atom. The van der Waals surface area contributed by atoms with Crippen LogP contribution in [0.5, 0.6) is 23.0 Å². The van der Waals surface area contributed by atoms with Crippen molar-refractivity contribution in [2.45, 2.75) is 6.42 Å². The van der Waals surface area contributed by atoms with E-state index in [1.54, 1.807) is 31.5 Å². The Labute approximate surface area is 275 Å². The average molecular weight is 660 g/mol. The quantitative estimate of drug-likeness (QED) is 0.205. The average Bonchev–Trinajstić information content (AvgIpc) is 3.38. The molecule has 3 heterocycles. The number of carbonyl (C=O) groups is 1. The Morgan fingerprint density at radius 2 is 1.75 bits per heavy atom. The molecule has 1 amide bonds. The number of piperazine rings is 1. The molecular weight excluding hydrogens is 624 g/mol. The summed E-state index contributed by atoms with van der Waals surface area (Å²) in [4.78, 5) is 34.8. The number of nitrogens with one attached hydrogen (secondary N) is 1. The van der Waals surface area contributed by atoms with Gasteiger partial charge in [0.1, 0.15) is 11.6 Å². The second kappa shape index (κ2) is 14.2. The molecule has 1 fully saturated rings. The summed E-state index contributed by atoms with van der Waals surface area (Å²) in [7, 11) is 5.04. The standard InChI is InChI=1S/C34H35F2N7O5/c1-40-13-15-42(16-14-40)12-5-17-47-31-21-27-25(20-30(31)46-3)28(10-11-37-27)48-29-9-8-23(19-26(29)36)38-33(44)32-39-43(34(45)41(32)2)24-7-4-6-22(35)18-24/h4,6-11,18-21H,5,12-17H2,1-3H3,(H,38,44). The van der Waals surface area contributed by atoms with Crippen molar-refractivity contribution in [3.05, 3.63) is 94.8 Å². The summed E-state index contributed by atoms with van der Waals surface area (Å²) < 4.78 is 48.5. The van der Waals surface area contributed by atoms with E-state index >= 15 is 4.39 Å². The largest absolute Gasteiger partial charge is 0.493 e. The molecule has 250 valence electrons. The minimum Gasteiger partial charge on any atom is -0.493 e. The summed E-state index contributed by atoms with van der Waals surface area (Å²) in [5.74, 6) is -1.02. The van der Waals surface area contributed by atoms with Gasteiger partial charge in [-0.05, 0) is 55.9 Å². The number of fused-ring (bicyclic) bond motifs is 1. The summed E-state index contributed by atoms with van der Waals surface area (Å²) in [6.45, 7) is 5.70.